The monoisotopic (exact) mass is 462 g/mol. The molecule has 1 N–H and O–H groups in total. The molecule has 1 saturated heterocycles. The molecule has 2 heterocycles. The van der Waals surface area contributed by atoms with Crippen molar-refractivity contribution in [1.29, 1.82) is 0 Å². The summed E-state index contributed by atoms with van der Waals surface area (Å²) in [6.07, 6.45) is 0. The van der Waals surface area contributed by atoms with Crippen molar-refractivity contribution in [3.8, 4) is 17.2 Å². The van der Waals surface area contributed by atoms with E-state index in [1.807, 2.05) is 55.5 Å². The first-order valence-corrected chi connectivity index (χ1v) is 11.6. The fraction of sp³-hybridized carbons (Fsp3) is 0.200. The van der Waals surface area contributed by atoms with Gasteiger partial charge in [0.25, 0.3) is 5.91 Å². The fourth-order valence-corrected chi connectivity index (χ4v) is 4.97. The number of amides is 2. The molecule has 1 fully saturated rings. The third kappa shape index (κ3) is 4.34. The molecule has 2 aliphatic rings. The van der Waals surface area contributed by atoms with Crippen LogP contribution in [-0.2, 0) is 4.79 Å². The van der Waals surface area contributed by atoms with Crippen molar-refractivity contribution in [1.82, 2.24) is 0 Å². The second-order valence-electron chi connectivity index (χ2n) is 7.50. The maximum Gasteiger partial charge on any atom is 0.255 e. The summed E-state index contributed by atoms with van der Waals surface area (Å²) in [5, 5.41) is 2.77. The van der Waals surface area contributed by atoms with Crippen LogP contribution < -0.4 is 24.4 Å². The van der Waals surface area contributed by atoms with E-state index >= 15 is 0 Å². The Morgan fingerprint density at radius 3 is 2.58 bits per heavy atom. The zero-order valence-electron chi connectivity index (χ0n) is 17.9. The molecule has 0 unspecified atom stereocenters. The van der Waals surface area contributed by atoms with E-state index in [0.717, 1.165) is 17.0 Å². The van der Waals surface area contributed by atoms with Crippen LogP contribution >= 0.6 is 11.8 Å². The lowest BCUT2D eigenvalue weighted by atomic mass is 10.1. The van der Waals surface area contributed by atoms with Gasteiger partial charge in [0, 0.05) is 16.9 Å². The van der Waals surface area contributed by atoms with E-state index in [0.29, 0.717) is 35.1 Å². The van der Waals surface area contributed by atoms with E-state index in [4.69, 9.17) is 14.2 Å². The van der Waals surface area contributed by atoms with Crippen molar-refractivity contribution in [2.45, 2.75) is 12.3 Å². The maximum atomic E-state index is 12.6. The average molecular weight is 463 g/mol. The maximum absolute atomic E-state index is 12.6. The molecular weight excluding hydrogens is 440 g/mol. The summed E-state index contributed by atoms with van der Waals surface area (Å²) in [6, 6.07) is 20.2. The highest BCUT2D eigenvalue weighted by Crippen LogP contribution is 2.42. The number of thioether (sulfide) groups is 1. The van der Waals surface area contributed by atoms with Crippen LogP contribution in [-0.4, -0.2) is 31.0 Å². The number of benzene rings is 3. The number of ether oxygens (including phenoxy) is 3. The van der Waals surface area contributed by atoms with Crippen molar-refractivity contribution >= 4 is 35.0 Å². The van der Waals surface area contributed by atoms with Gasteiger partial charge in [-0.25, -0.2) is 0 Å². The lowest BCUT2D eigenvalue weighted by Crippen LogP contribution is -2.27. The Morgan fingerprint density at radius 1 is 1.06 bits per heavy atom. The molecule has 3 aromatic rings. The van der Waals surface area contributed by atoms with Crippen LogP contribution in [0.25, 0.3) is 0 Å². The predicted octanol–water partition coefficient (Wildman–Crippen LogP) is 4.84. The number of anilines is 2. The van der Waals surface area contributed by atoms with E-state index < -0.39 is 0 Å². The predicted molar refractivity (Wildman–Crippen MR) is 127 cm³/mol. The van der Waals surface area contributed by atoms with Gasteiger partial charge in [0.1, 0.15) is 11.1 Å². The standard InChI is InChI=1S/C25H22N2O5S/c1-2-30-20-10-8-19(9-11-20)27-23(28)14-33-25(27)16-3-6-18(7-4-16)26-24(29)17-5-12-21-22(13-17)32-15-31-21/h3-13,25H,2,14-15H2,1H3,(H,26,29)/t25-/m1/s1. The first-order chi connectivity index (χ1) is 16.1. The van der Waals surface area contributed by atoms with Gasteiger partial charge in [-0.3, -0.25) is 14.5 Å². The van der Waals surface area contributed by atoms with E-state index in [1.54, 1.807) is 34.9 Å². The molecule has 33 heavy (non-hydrogen) atoms. The summed E-state index contributed by atoms with van der Waals surface area (Å²) in [4.78, 5) is 27.1. The summed E-state index contributed by atoms with van der Waals surface area (Å²) in [6.45, 7) is 2.70. The molecule has 0 radical (unpaired) electrons. The number of carbonyl (C=O) groups excluding carboxylic acids is 2. The number of carbonyl (C=O) groups is 2. The molecule has 3 aromatic carbocycles. The van der Waals surface area contributed by atoms with Crippen molar-refractivity contribution in [3.05, 3.63) is 77.9 Å². The minimum atomic E-state index is -0.234. The van der Waals surface area contributed by atoms with Crippen molar-refractivity contribution < 1.29 is 23.8 Å². The van der Waals surface area contributed by atoms with Gasteiger partial charge in [-0.2, -0.15) is 0 Å². The van der Waals surface area contributed by atoms with Gasteiger partial charge < -0.3 is 19.5 Å². The molecule has 1 atom stereocenters. The highest BCUT2D eigenvalue weighted by Gasteiger charge is 2.34. The minimum Gasteiger partial charge on any atom is -0.494 e. The third-order valence-electron chi connectivity index (χ3n) is 5.38. The van der Waals surface area contributed by atoms with E-state index in [1.165, 1.54) is 0 Å². The Hall–Kier alpha value is -3.65. The summed E-state index contributed by atoms with van der Waals surface area (Å²) in [5.74, 6) is 2.23. The molecule has 0 aromatic heterocycles. The normalized spacial score (nSPS) is 16.7. The molecule has 8 heteroatoms. The summed E-state index contributed by atoms with van der Waals surface area (Å²) < 4.78 is 16.1. The average Bonchev–Trinajstić information content (AvgIpc) is 3.46. The van der Waals surface area contributed by atoms with Gasteiger partial charge in [0.05, 0.1) is 12.4 Å². The van der Waals surface area contributed by atoms with Crippen molar-refractivity contribution in [2.24, 2.45) is 0 Å². The molecule has 0 spiro atoms. The molecule has 2 amide bonds. The summed E-state index contributed by atoms with van der Waals surface area (Å²) >= 11 is 1.58. The number of hydrogen-bond donors (Lipinski definition) is 1. The van der Waals surface area contributed by atoms with Crippen molar-refractivity contribution in [2.75, 3.05) is 29.4 Å². The van der Waals surface area contributed by atoms with E-state index in [9.17, 15) is 9.59 Å². The van der Waals surface area contributed by atoms with Crippen molar-refractivity contribution in [3.63, 3.8) is 0 Å². The third-order valence-corrected chi connectivity index (χ3v) is 6.59. The zero-order valence-corrected chi connectivity index (χ0v) is 18.8. The van der Waals surface area contributed by atoms with Crippen LogP contribution in [0.3, 0.4) is 0 Å². The smallest absolute Gasteiger partial charge is 0.255 e. The number of hydrogen-bond acceptors (Lipinski definition) is 6. The van der Waals surface area contributed by atoms with Crippen LogP contribution in [0.1, 0.15) is 28.2 Å². The lowest BCUT2D eigenvalue weighted by molar-refractivity contribution is -0.115. The second-order valence-corrected chi connectivity index (χ2v) is 8.57. The SMILES string of the molecule is CCOc1ccc(N2C(=O)CS[C@@H]2c2ccc(NC(=O)c3ccc4c(c3)OCO4)cc2)cc1. The Kier molecular flexibility index (Phi) is 5.83. The first kappa shape index (κ1) is 21.2. The topological polar surface area (TPSA) is 77.1 Å². The van der Waals surface area contributed by atoms with E-state index in [-0.39, 0.29) is 24.0 Å². The van der Waals surface area contributed by atoms with Gasteiger partial charge in [-0.05, 0) is 67.1 Å². The van der Waals surface area contributed by atoms with E-state index in [2.05, 4.69) is 5.32 Å². The van der Waals surface area contributed by atoms with Crippen LogP contribution in [0.4, 0.5) is 11.4 Å². The van der Waals surface area contributed by atoms with Gasteiger partial charge >= 0.3 is 0 Å². The molecule has 0 aliphatic carbocycles. The summed E-state index contributed by atoms with van der Waals surface area (Å²) in [5.41, 5.74) is 2.98. The van der Waals surface area contributed by atoms with Crippen LogP contribution in [0.2, 0.25) is 0 Å². The Labute approximate surface area is 195 Å². The Morgan fingerprint density at radius 2 is 1.82 bits per heavy atom. The highest BCUT2D eigenvalue weighted by atomic mass is 32.2. The second kappa shape index (κ2) is 9.07. The Bertz CT molecular complexity index is 1180. The molecule has 5 rings (SSSR count). The van der Waals surface area contributed by atoms with Crippen LogP contribution in [0.5, 0.6) is 17.2 Å². The van der Waals surface area contributed by atoms with Crippen LogP contribution in [0, 0.1) is 0 Å². The molecular formula is C25H22N2O5S. The Balaban J connectivity index is 1.30. The molecule has 0 bridgehead atoms. The molecule has 0 saturated carbocycles. The van der Waals surface area contributed by atoms with Gasteiger partial charge in [0.15, 0.2) is 11.5 Å². The fourth-order valence-electron chi connectivity index (χ4n) is 3.79. The quantitative estimate of drug-likeness (QED) is 0.565. The molecule has 7 nitrogen and oxygen atoms in total. The van der Waals surface area contributed by atoms with Gasteiger partial charge in [-0.15, -0.1) is 11.8 Å². The lowest BCUT2D eigenvalue weighted by Gasteiger charge is -2.24. The minimum absolute atomic E-state index is 0.0642. The largest absolute Gasteiger partial charge is 0.494 e. The van der Waals surface area contributed by atoms with Gasteiger partial charge in [-0.1, -0.05) is 12.1 Å². The number of nitrogens with one attached hydrogen (secondary N) is 1. The highest BCUT2D eigenvalue weighted by molar-refractivity contribution is 8.00. The number of nitrogens with zero attached hydrogens (tertiary/aromatic N) is 1. The first-order valence-electron chi connectivity index (χ1n) is 10.6. The van der Waals surface area contributed by atoms with Gasteiger partial charge in [0.2, 0.25) is 12.7 Å². The zero-order chi connectivity index (χ0) is 22.8. The molecule has 168 valence electrons. The molecule has 2 aliphatic heterocycles. The number of rotatable bonds is 6. The number of fused-ring (bicyclic) bond motifs is 1. The van der Waals surface area contributed by atoms with Crippen LogP contribution in [0.15, 0.2) is 66.7 Å². The summed E-state index contributed by atoms with van der Waals surface area (Å²) in [7, 11) is 0.